The third kappa shape index (κ3) is 5.71. The van der Waals surface area contributed by atoms with E-state index >= 15 is 0 Å². The molecule has 2 N–H and O–H groups in total. The number of sulfone groups is 1. The Hall–Kier alpha value is -0.920. The first kappa shape index (κ1) is 16.1. The van der Waals surface area contributed by atoms with Crippen molar-refractivity contribution in [2.24, 2.45) is 5.73 Å². The van der Waals surface area contributed by atoms with Gasteiger partial charge < -0.3 is 10.5 Å². The Morgan fingerprint density at radius 1 is 1.37 bits per heavy atom. The van der Waals surface area contributed by atoms with Crippen molar-refractivity contribution in [2.75, 3.05) is 24.9 Å². The van der Waals surface area contributed by atoms with Crippen LogP contribution in [0.5, 0.6) is 5.75 Å². The molecule has 1 unspecified atom stereocenters. The van der Waals surface area contributed by atoms with Gasteiger partial charge in [-0.15, -0.1) is 0 Å². The molecule has 0 fully saturated rings. The van der Waals surface area contributed by atoms with Gasteiger partial charge in [0.15, 0.2) is 0 Å². The van der Waals surface area contributed by atoms with Crippen molar-refractivity contribution in [1.82, 2.24) is 0 Å². The second-order valence-corrected chi connectivity index (χ2v) is 8.10. The van der Waals surface area contributed by atoms with Gasteiger partial charge in [0.25, 0.3) is 0 Å². The zero-order chi connectivity index (χ0) is 14.5. The summed E-state index contributed by atoms with van der Waals surface area (Å²) < 4.78 is 39.0. The highest BCUT2D eigenvalue weighted by molar-refractivity contribution is 7.92. The first-order valence-corrected chi connectivity index (χ1v) is 9.29. The third-order valence-electron chi connectivity index (χ3n) is 2.58. The van der Waals surface area contributed by atoms with Crippen molar-refractivity contribution in [2.45, 2.75) is 12.3 Å². The van der Waals surface area contributed by atoms with Crippen LogP contribution in [-0.2, 0) is 32.9 Å². The summed E-state index contributed by atoms with van der Waals surface area (Å²) in [6.45, 7) is 0.376. The molecule has 0 aliphatic rings. The Morgan fingerprint density at radius 3 is 2.58 bits per heavy atom. The van der Waals surface area contributed by atoms with Crippen LogP contribution in [0.15, 0.2) is 18.2 Å². The summed E-state index contributed by atoms with van der Waals surface area (Å²) in [5.41, 5.74) is 7.30. The molecule has 7 heteroatoms. The molecule has 0 aliphatic carbocycles. The first-order chi connectivity index (χ1) is 8.85. The van der Waals surface area contributed by atoms with Crippen LogP contribution in [0.25, 0.3) is 0 Å². The molecule has 5 nitrogen and oxygen atoms in total. The Labute approximate surface area is 116 Å². The lowest BCUT2D eigenvalue weighted by atomic mass is 10.1. The summed E-state index contributed by atoms with van der Waals surface area (Å²) in [7, 11) is -2.72. The van der Waals surface area contributed by atoms with Crippen LogP contribution in [0.1, 0.15) is 11.1 Å². The molecule has 0 saturated carbocycles. The van der Waals surface area contributed by atoms with Gasteiger partial charge in [0, 0.05) is 40.7 Å². The Kier molecular flexibility index (Phi) is 5.96. The SMILES string of the molecule is COc1cc(CS(=O)CCS(C)(=O)=O)ccc1CN. The van der Waals surface area contributed by atoms with Gasteiger partial charge in [0.05, 0.1) is 12.9 Å². The van der Waals surface area contributed by atoms with Crippen molar-refractivity contribution >= 4 is 20.6 Å². The van der Waals surface area contributed by atoms with E-state index in [9.17, 15) is 12.6 Å². The highest BCUT2D eigenvalue weighted by Gasteiger charge is 2.09. The Bertz CT molecular complexity index is 555. The predicted octanol–water partition coefficient (Wildman–Crippen LogP) is 0.447. The summed E-state index contributed by atoms with van der Waals surface area (Å²) in [5, 5.41) is 0. The molecule has 1 atom stereocenters. The Morgan fingerprint density at radius 2 is 2.05 bits per heavy atom. The fraction of sp³-hybridized carbons (Fsp3) is 0.500. The number of hydrogen-bond donors (Lipinski definition) is 1. The minimum atomic E-state index is -3.07. The van der Waals surface area contributed by atoms with E-state index in [0.29, 0.717) is 18.0 Å². The zero-order valence-corrected chi connectivity index (χ0v) is 12.7. The smallest absolute Gasteiger partial charge is 0.148 e. The molecule has 1 rings (SSSR count). The molecule has 1 aromatic rings. The maximum Gasteiger partial charge on any atom is 0.148 e. The first-order valence-electron chi connectivity index (χ1n) is 5.74. The molecular weight excluding hydrogens is 286 g/mol. The fourth-order valence-corrected chi connectivity index (χ4v) is 4.20. The van der Waals surface area contributed by atoms with Crippen LogP contribution < -0.4 is 10.5 Å². The molecule has 0 saturated heterocycles. The quantitative estimate of drug-likeness (QED) is 0.790. The van der Waals surface area contributed by atoms with E-state index in [0.717, 1.165) is 17.4 Å². The van der Waals surface area contributed by atoms with Gasteiger partial charge in [0.2, 0.25) is 0 Å². The minimum absolute atomic E-state index is 0.0579. The van der Waals surface area contributed by atoms with Crippen molar-refractivity contribution in [3.05, 3.63) is 29.3 Å². The molecule has 1 aromatic carbocycles. The van der Waals surface area contributed by atoms with Gasteiger partial charge in [-0.3, -0.25) is 4.21 Å². The average Bonchev–Trinajstić information content (AvgIpc) is 2.35. The molecule has 0 spiro atoms. The third-order valence-corrected chi connectivity index (χ3v) is 5.10. The summed E-state index contributed by atoms with van der Waals surface area (Å²) in [6, 6.07) is 5.46. The average molecular weight is 305 g/mol. The van der Waals surface area contributed by atoms with E-state index in [1.165, 1.54) is 0 Å². The van der Waals surface area contributed by atoms with Gasteiger partial charge in [-0.25, -0.2) is 8.42 Å². The van der Waals surface area contributed by atoms with Crippen LogP contribution in [0.4, 0.5) is 0 Å². The van der Waals surface area contributed by atoms with Crippen molar-refractivity contribution in [1.29, 1.82) is 0 Å². The number of nitrogens with two attached hydrogens (primary N) is 1. The highest BCUT2D eigenvalue weighted by Crippen LogP contribution is 2.20. The van der Waals surface area contributed by atoms with Crippen LogP contribution >= 0.6 is 0 Å². The molecule has 0 bridgehead atoms. The fourth-order valence-electron chi connectivity index (χ4n) is 1.55. The number of rotatable bonds is 7. The van der Waals surface area contributed by atoms with Crippen LogP contribution in [-0.4, -0.2) is 37.5 Å². The lowest BCUT2D eigenvalue weighted by molar-refractivity contribution is 0.409. The number of benzene rings is 1. The van der Waals surface area contributed by atoms with E-state index in [2.05, 4.69) is 0 Å². The second-order valence-electron chi connectivity index (χ2n) is 4.27. The molecular formula is C12H19NO4S2. The maximum absolute atomic E-state index is 11.8. The molecule has 19 heavy (non-hydrogen) atoms. The largest absolute Gasteiger partial charge is 0.496 e. The summed E-state index contributed by atoms with van der Waals surface area (Å²) in [4.78, 5) is 0. The van der Waals surface area contributed by atoms with Crippen LogP contribution in [0.2, 0.25) is 0 Å². The van der Waals surface area contributed by atoms with Gasteiger partial charge in [-0.05, 0) is 11.6 Å². The van der Waals surface area contributed by atoms with Gasteiger partial charge >= 0.3 is 0 Å². The molecule has 0 radical (unpaired) electrons. The predicted molar refractivity (Wildman–Crippen MR) is 77.3 cm³/mol. The maximum atomic E-state index is 11.8. The zero-order valence-electron chi connectivity index (χ0n) is 11.1. The Balaban J connectivity index is 2.69. The minimum Gasteiger partial charge on any atom is -0.496 e. The van der Waals surface area contributed by atoms with Crippen molar-refractivity contribution in [3.8, 4) is 5.75 Å². The van der Waals surface area contributed by atoms with Crippen LogP contribution in [0.3, 0.4) is 0 Å². The summed E-state index contributed by atoms with van der Waals surface area (Å²) in [5.74, 6) is 1.08. The molecule has 0 aromatic heterocycles. The molecule has 108 valence electrons. The lowest BCUT2D eigenvalue weighted by Gasteiger charge is -2.09. The normalized spacial score (nSPS) is 13.2. The highest BCUT2D eigenvalue weighted by atomic mass is 32.2. The lowest BCUT2D eigenvalue weighted by Crippen LogP contribution is -2.13. The van der Waals surface area contributed by atoms with E-state index < -0.39 is 20.6 Å². The standard InChI is InChI=1S/C12H19NO4S2/c1-17-12-7-10(3-4-11(12)8-13)9-18(14)5-6-19(2,15)16/h3-4,7H,5-6,8-9,13H2,1-2H3. The number of ether oxygens (including phenoxy) is 1. The number of methoxy groups -OCH3 is 1. The van der Waals surface area contributed by atoms with Crippen molar-refractivity contribution < 1.29 is 17.4 Å². The molecule has 0 amide bonds. The van der Waals surface area contributed by atoms with Gasteiger partial charge in [-0.2, -0.15) is 0 Å². The monoisotopic (exact) mass is 305 g/mol. The summed E-state index contributed by atoms with van der Waals surface area (Å²) in [6.07, 6.45) is 1.14. The molecule has 0 heterocycles. The topological polar surface area (TPSA) is 86.5 Å². The van der Waals surface area contributed by atoms with Crippen LogP contribution in [0, 0.1) is 0 Å². The van der Waals surface area contributed by atoms with E-state index in [1.807, 2.05) is 12.1 Å². The molecule has 0 aliphatic heterocycles. The number of hydrogen-bond acceptors (Lipinski definition) is 5. The van der Waals surface area contributed by atoms with Crippen molar-refractivity contribution in [3.63, 3.8) is 0 Å². The summed E-state index contributed by atoms with van der Waals surface area (Å²) >= 11 is 0. The van der Waals surface area contributed by atoms with Gasteiger partial charge in [0.1, 0.15) is 15.6 Å². The van der Waals surface area contributed by atoms with E-state index in [-0.39, 0.29) is 11.5 Å². The second kappa shape index (κ2) is 7.02. The van der Waals surface area contributed by atoms with Gasteiger partial charge in [-0.1, -0.05) is 12.1 Å². The van der Waals surface area contributed by atoms with E-state index in [4.69, 9.17) is 10.5 Å². The van der Waals surface area contributed by atoms with E-state index in [1.54, 1.807) is 13.2 Å².